The van der Waals surface area contributed by atoms with Gasteiger partial charge in [-0.2, -0.15) is 0 Å². The highest BCUT2D eigenvalue weighted by Gasteiger charge is 2.46. The minimum atomic E-state index is -3.70. The van der Waals surface area contributed by atoms with Gasteiger partial charge in [-0.05, 0) is 44.0 Å². The Labute approximate surface area is 158 Å². The zero-order valence-corrected chi connectivity index (χ0v) is 16.0. The van der Waals surface area contributed by atoms with Gasteiger partial charge in [0, 0.05) is 13.1 Å². The van der Waals surface area contributed by atoms with Crippen LogP contribution in [0.25, 0.3) is 0 Å². The number of benzene rings is 1. The maximum atomic E-state index is 12.7. The van der Waals surface area contributed by atoms with Gasteiger partial charge in [-0.15, -0.1) is 0 Å². The molecule has 0 saturated carbocycles. The number of nitrogens with one attached hydrogen (secondary N) is 2. The Morgan fingerprint density at radius 3 is 2.26 bits per heavy atom. The van der Waals surface area contributed by atoms with Crippen LogP contribution in [0.3, 0.4) is 0 Å². The van der Waals surface area contributed by atoms with Crippen LogP contribution in [0.2, 0.25) is 0 Å². The maximum Gasteiger partial charge on any atom is 0.322 e. The molecule has 0 radical (unpaired) electrons. The molecular weight excluding hydrogens is 374 g/mol. The summed E-state index contributed by atoms with van der Waals surface area (Å²) in [6.45, 7) is 2.01. The molecule has 10 heteroatoms. The average Bonchev–Trinajstić information content (AvgIpc) is 2.87. The number of rotatable bonds is 6. The molecule has 0 aliphatic carbocycles. The van der Waals surface area contributed by atoms with Crippen LogP contribution >= 0.6 is 0 Å². The van der Waals surface area contributed by atoms with Crippen molar-refractivity contribution in [2.75, 3.05) is 26.0 Å². The molecule has 148 valence electrons. The fourth-order valence-electron chi connectivity index (χ4n) is 3.21. The number of urea groups is 1. The lowest BCUT2D eigenvalue weighted by atomic mass is 10.1. The van der Waals surface area contributed by atoms with Crippen molar-refractivity contribution < 1.29 is 27.5 Å². The van der Waals surface area contributed by atoms with E-state index in [1.54, 1.807) is 19.2 Å². The molecule has 2 saturated heterocycles. The quantitative estimate of drug-likeness (QED) is 0.675. The summed E-state index contributed by atoms with van der Waals surface area (Å²) in [5.41, 5.74) is -1.45. The van der Waals surface area contributed by atoms with Crippen LogP contribution in [-0.2, 0) is 14.8 Å². The lowest BCUT2D eigenvalue weighted by Gasteiger charge is -2.33. The number of carbonyl (C=O) groups is 2. The molecule has 0 bridgehead atoms. The molecule has 2 N–H and O–H groups in total. The lowest BCUT2D eigenvalue weighted by molar-refractivity contribution is -0.122. The molecule has 0 unspecified atom stereocenters. The zero-order chi connectivity index (χ0) is 19.7. The number of amides is 3. The van der Waals surface area contributed by atoms with Crippen molar-refractivity contribution in [3.05, 3.63) is 24.3 Å². The first-order valence-electron chi connectivity index (χ1n) is 8.64. The Kier molecular flexibility index (Phi) is 5.29. The predicted octanol–water partition coefficient (Wildman–Crippen LogP) is 0.466. The molecule has 0 spiro atoms. The number of carbonyl (C=O) groups excluding carboxylic acids is 2. The van der Waals surface area contributed by atoms with Gasteiger partial charge >= 0.3 is 6.03 Å². The second kappa shape index (κ2) is 7.35. The van der Waals surface area contributed by atoms with Crippen molar-refractivity contribution in [1.82, 2.24) is 14.9 Å². The fourth-order valence-corrected chi connectivity index (χ4v) is 5.09. The van der Waals surface area contributed by atoms with Gasteiger partial charge in [-0.25, -0.2) is 17.5 Å². The summed E-state index contributed by atoms with van der Waals surface area (Å²) < 4.78 is 37.7. The van der Waals surface area contributed by atoms with E-state index in [2.05, 4.69) is 10.6 Å². The van der Waals surface area contributed by atoms with Crippen molar-refractivity contribution in [2.24, 2.45) is 0 Å². The van der Waals surface area contributed by atoms with Crippen molar-refractivity contribution in [3.8, 4) is 11.5 Å². The predicted molar refractivity (Wildman–Crippen MR) is 97.1 cm³/mol. The Balaban J connectivity index is 1.56. The monoisotopic (exact) mass is 397 g/mol. The first-order valence-corrected chi connectivity index (χ1v) is 10.2. The molecule has 3 rings (SSSR count). The Hall–Kier alpha value is -2.33. The van der Waals surface area contributed by atoms with Crippen LogP contribution in [0.4, 0.5) is 4.79 Å². The van der Waals surface area contributed by atoms with Crippen molar-refractivity contribution in [2.45, 2.75) is 31.4 Å². The van der Waals surface area contributed by atoms with Crippen LogP contribution in [0.15, 0.2) is 24.3 Å². The molecule has 2 aliphatic rings. The summed E-state index contributed by atoms with van der Waals surface area (Å²) in [5, 5.41) is 4.46. The van der Waals surface area contributed by atoms with Crippen LogP contribution < -0.4 is 20.1 Å². The maximum absolute atomic E-state index is 12.7. The Morgan fingerprint density at radius 2 is 1.74 bits per heavy atom. The molecule has 2 fully saturated rings. The van der Waals surface area contributed by atoms with E-state index in [9.17, 15) is 18.0 Å². The van der Waals surface area contributed by atoms with Gasteiger partial charge in [0.1, 0.15) is 23.1 Å². The average molecular weight is 397 g/mol. The highest BCUT2D eigenvalue weighted by molar-refractivity contribution is 7.89. The van der Waals surface area contributed by atoms with E-state index in [1.165, 1.54) is 11.2 Å². The number of imide groups is 1. The summed E-state index contributed by atoms with van der Waals surface area (Å²) in [6, 6.07) is 6.55. The second-order valence-electron chi connectivity index (χ2n) is 6.89. The highest BCUT2D eigenvalue weighted by Crippen LogP contribution is 2.24. The topological polar surface area (TPSA) is 114 Å². The van der Waals surface area contributed by atoms with Gasteiger partial charge in [0.25, 0.3) is 5.91 Å². The van der Waals surface area contributed by atoms with E-state index < -0.39 is 33.3 Å². The smallest absolute Gasteiger partial charge is 0.322 e. The van der Waals surface area contributed by atoms with E-state index in [-0.39, 0.29) is 6.10 Å². The molecule has 2 heterocycles. The third-order valence-corrected chi connectivity index (χ3v) is 6.84. The number of hydrogen-bond acceptors (Lipinski definition) is 6. The summed E-state index contributed by atoms with van der Waals surface area (Å²) in [6.07, 6.45) is 0.996. The molecule has 3 amide bonds. The van der Waals surface area contributed by atoms with E-state index in [4.69, 9.17) is 9.47 Å². The molecule has 9 nitrogen and oxygen atoms in total. The van der Waals surface area contributed by atoms with Gasteiger partial charge in [-0.1, -0.05) is 0 Å². The van der Waals surface area contributed by atoms with Crippen LogP contribution in [-0.4, -0.2) is 62.3 Å². The first-order chi connectivity index (χ1) is 12.7. The molecule has 27 heavy (non-hydrogen) atoms. The summed E-state index contributed by atoms with van der Waals surface area (Å²) in [7, 11) is -2.11. The van der Waals surface area contributed by atoms with Crippen LogP contribution in [0, 0.1) is 0 Å². The minimum Gasteiger partial charge on any atom is -0.497 e. The van der Waals surface area contributed by atoms with Gasteiger partial charge in [0.2, 0.25) is 10.0 Å². The van der Waals surface area contributed by atoms with Crippen molar-refractivity contribution in [1.29, 1.82) is 0 Å². The minimum absolute atomic E-state index is 0.0880. The Morgan fingerprint density at radius 1 is 1.15 bits per heavy atom. The van der Waals surface area contributed by atoms with Gasteiger partial charge in [0.05, 0.1) is 12.9 Å². The molecule has 1 atom stereocenters. The number of hydrogen-bond donors (Lipinski definition) is 2. The van der Waals surface area contributed by atoms with E-state index in [0.717, 1.165) is 5.75 Å². The molecular formula is C17H23N3O6S. The first kappa shape index (κ1) is 19.4. The normalized spacial score (nSPS) is 24.4. The zero-order valence-electron chi connectivity index (χ0n) is 15.2. The van der Waals surface area contributed by atoms with Gasteiger partial charge < -0.3 is 14.8 Å². The largest absolute Gasteiger partial charge is 0.497 e. The van der Waals surface area contributed by atoms with E-state index in [0.29, 0.717) is 31.7 Å². The number of methoxy groups -OCH3 is 1. The lowest BCUT2D eigenvalue weighted by Crippen LogP contribution is -2.53. The van der Waals surface area contributed by atoms with Crippen LogP contribution in [0.5, 0.6) is 11.5 Å². The summed E-state index contributed by atoms with van der Waals surface area (Å²) in [4.78, 5) is 23.2. The standard InChI is InChI=1S/C17H23N3O6S/c1-17(15(21)18-16(22)19-17)11-27(23,24)20-9-7-14(8-10-20)26-13-5-3-12(25-2)4-6-13/h3-6,14H,7-11H2,1-2H3,(H2,18,19,21,22)/t17-/m1/s1. The van der Waals surface area contributed by atoms with E-state index >= 15 is 0 Å². The SMILES string of the molecule is COc1ccc(OC2CCN(S(=O)(=O)C[C@@]3(C)NC(=O)NC3=O)CC2)cc1. The van der Waals surface area contributed by atoms with Crippen molar-refractivity contribution in [3.63, 3.8) is 0 Å². The molecule has 1 aromatic rings. The molecule has 2 aliphatic heterocycles. The number of nitrogens with zero attached hydrogens (tertiary/aromatic N) is 1. The third kappa shape index (κ3) is 4.33. The summed E-state index contributed by atoms with van der Waals surface area (Å²) in [5.74, 6) is 0.338. The fraction of sp³-hybridized carbons (Fsp3) is 0.529. The number of piperidine rings is 1. The number of sulfonamides is 1. The van der Waals surface area contributed by atoms with Crippen LogP contribution in [0.1, 0.15) is 19.8 Å². The van der Waals surface area contributed by atoms with E-state index in [1.807, 2.05) is 12.1 Å². The second-order valence-corrected chi connectivity index (χ2v) is 8.86. The third-order valence-electron chi connectivity index (χ3n) is 4.75. The molecule has 1 aromatic carbocycles. The summed E-state index contributed by atoms with van der Waals surface area (Å²) >= 11 is 0. The van der Waals surface area contributed by atoms with Gasteiger partial charge in [0.15, 0.2) is 0 Å². The van der Waals surface area contributed by atoms with Crippen molar-refractivity contribution >= 4 is 22.0 Å². The highest BCUT2D eigenvalue weighted by atomic mass is 32.2. The Bertz CT molecular complexity index is 818. The van der Waals surface area contributed by atoms with Gasteiger partial charge in [-0.3, -0.25) is 10.1 Å². The molecule has 0 aromatic heterocycles. The number of ether oxygens (including phenoxy) is 2.